The van der Waals surface area contributed by atoms with Crippen molar-refractivity contribution in [3.8, 4) is 0 Å². The number of aromatic amines is 1. The number of rotatable bonds is 5. The van der Waals surface area contributed by atoms with Crippen LogP contribution in [0, 0.1) is 5.92 Å². The van der Waals surface area contributed by atoms with Crippen LogP contribution in [0.15, 0.2) is 29.3 Å². The molecular formula is C13H19N3O2S. The number of anilines is 1. The lowest BCUT2D eigenvalue weighted by Crippen LogP contribution is -2.28. The van der Waals surface area contributed by atoms with Gasteiger partial charge >= 0.3 is 0 Å². The Morgan fingerprint density at radius 1 is 1.42 bits per heavy atom. The molecule has 104 valence electrons. The molecule has 4 N–H and O–H groups in total. The molecule has 5 nitrogen and oxygen atoms in total. The maximum atomic E-state index is 12.3. The Hall–Kier alpha value is -1.53. The van der Waals surface area contributed by atoms with Crippen LogP contribution in [0.3, 0.4) is 0 Å². The number of sulfonamides is 1. The van der Waals surface area contributed by atoms with E-state index in [-0.39, 0.29) is 4.90 Å². The number of hydrogen-bond donors (Lipinski definition) is 3. The molecule has 19 heavy (non-hydrogen) atoms. The zero-order valence-corrected chi connectivity index (χ0v) is 11.9. The fraction of sp³-hybridized carbons (Fsp3) is 0.385. The molecule has 0 aliphatic carbocycles. The lowest BCUT2D eigenvalue weighted by Gasteiger charge is -2.10. The first kappa shape index (κ1) is 13.9. The summed E-state index contributed by atoms with van der Waals surface area (Å²) in [7, 11) is -3.48. The fourth-order valence-electron chi connectivity index (χ4n) is 1.81. The highest BCUT2D eigenvalue weighted by Gasteiger charge is 2.19. The van der Waals surface area contributed by atoms with Gasteiger partial charge in [0, 0.05) is 29.3 Å². The molecule has 0 aliphatic heterocycles. The van der Waals surface area contributed by atoms with Gasteiger partial charge in [0.2, 0.25) is 10.0 Å². The molecule has 0 aliphatic rings. The first-order valence-electron chi connectivity index (χ1n) is 6.30. The Bertz CT molecular complexity index is 676. The van der Waals surface area contributed by atoms with Gasteiger partial charge in [-0.15, -0.1) is 0 Å². The molecule has 0 spiro atoms. The molecule has 0 saturated carbocycles. The summed E-state index contributed by atoms with van der Waals surface area (Å²) in [6.07, 6.45) is 2.44. The van der Waals surface area contributed by atoms with Crippen LogP contribution in [0.25, 0.3) is 10.9 Å². The van der Waals surface area contributed by atoms with E-state index in [0.717, 1.165) is 11.9 Å². The molecule has 0 saturated heterocycles. The van der Waals surface area contributed by atoms with Crippen LogP contribution in [-0.4, -0.2) is 19.9 Å². The van der Waals surface area contributed by atoms with Crippen LogP contribution in [0.1, 0.15) is 20.3 Å². The molecule has 1 aromatic carbocycles. The van der Waals surface area contributed by atoms with Crippen molar-refractivity contribution in [2.24, 2.45) is 5.92 Å². The van der Waals surface area contributed by atoms with Crippen molar-refractivity contribution in [1.82, 2.24) is 9.71 Å². The minimum atomic E-state index is -3.48. The topological polar surface area (TPSA) is 88.0 Å². The first-order valence-corrected chi connectivity index (χ1v) is 7.78. The smallest absolute Gasteiger partial charge is 0.242 e. The second kappa shape index (κ2) is 5.22. The van der Waals surface area contributed by atoms with Crippen LogP contribution < -0.4 is 10.5 Å². The molecule has 1 atom stereocenters. The van der Waals surface area contributed by atoms with Crippen molar-refractivity contribution in [3.63, 3.8) is 0 Å². The van der Waals surface area contributed by atoms with Gasteiger partial charge in [-0.2, -0.15) is 0 Å². The molecule has 1 heterocycles. The molecule has 2 aromatic rings. The largest absolute Gasteiger partial charge is 0.399 e. The highest BCUT2D eigenvalue weighted by Crippen LogP contribution is 2.24. The average molecular weight is 281 g/mol. The van der Waals surface area contributed by atoms with Gasteiger partial charge in [-0.25, -0.2) is 13.1 Å². The number of fused-ring (bicyclic) bond motifs is 1. The Morgan fingerprint density at radius 2 is 2.16 bits per heavy atom. The molecule has 0 bridgehead atoms. The van der Waals surface area contributed by atoms with Gasteiger partial charge in [-0.1, -0.05) is 20.3 Å². The highest BCUT2D eigenvalue weighted by molar-refractivity contribution is 7.89. The lowest BCUT2D eigenvalue weighted by atomic mass is 10.1. The number of benzene rings is 1. The summed E-state index contributed by atoms with van der Waals surface area (Å²) >= 11 is 0. The van der Waals surface area contributed by atoms with Gasteiger partial charge < -0.3 is 10.7 Å². The highest BCUT2D eigenvalue weighted by atomic mass is 32.2. The second-order valence-corrected chi connectivity index (χ2v) is 6.56. The molecule has 1 aromatic heterocycles. The van der Waals surface area contributed by atoms with E-state index in [2.05, 4.69) is 9.71 Å². The van der Waals surface area contributed by atoms with E-state index in [0.29, 0.717) is 23.5 Å². The maximum Gasteiger partial charge on any atom is 0.242 e. The Morgan fingerprint density at radius 3 is 2.84 bits per heavy atom. The summed E-state index contributed by atoms with van der Waals surface area (Å²) in [4.78, 5) is 3.21. The van der Waals surface area contributed by atoms with E-state index in [9.17, 15) is 8.42 Å². The van der Waals surface area contributed by atoms with E-state index in [1.807, 2.05) is 13.8 Å². The molecule has 2 rings (SSSR count). The Balaban J connectivity index is 2.33. The number of H-pyrrole nitrogens is 1. The molecule has 1 unspecified atom stereocenters. The van der Waals surface area contributed by atoms with Crippen molar-refractivity contribution in [3.05, 3.63) is 24.4 Å². The van der Waals surface area contributed by atoms with E-state index >= 15 is 0 Å². The van der Waals surface area contributed by atoms with Crippen molar-refractivity contribution >= 4 is 26.6 Å². The van der Waals surface area contributed by atoms with Crippen molar-refractivity contribution < 1.29 is 8.42 Å². The monoisotopic (exact) mass is 281 g/mol. The van der Waals surface area contributed by atoms with Gasteiger partial charge in [0.25, 0.3) is 0 Å². The summed E-state index contributed by atoms with van der Waals surface area (Å²) in [6, 6.07) is 5.14. The number of nitrogens with one attached hydrogen (secondary N) is 2. The van der Waals surface area contributed by atoms with Gasteiger partial charge in [0.05, 0.1) is 0 Å². The summed E-state index contributed by atoms with van der Waals surface area (Å²) in [5, 5.41) is 0.658. The van der Waals surface area contributed by atoms with Crippen LogP contribution in [0.4, 0.5) is 5.69 Å². The Labute approximate surface area is 113 Å². The van der Waals surface area contributed by atoms with Crippen molar-refractivity contribution in [2.45, 2.75) is 25.2 Å². The molecular weight excluding hydrogens is 262 g/mol. The maximum absolute atomic E-state index is 12.3. The normalized spacial score (nSPS) is 13.8. The molecule has 0 radical (unpaired) electrons. The molecule has 0 fully saturated rings. The van der Waals surface area contributed by atoms with E-state index in [1.54, 1.807) is 18.2 Å². The van der Waals surface area contributed by atoms with Crippen LogP contribution >= 0.6 is 0 Å². The van der Waals surface area contributed by atoms with Crippen LogP contribution in [-0.2, 0) is 10.0 Å². The third-order valence-electron chi connectivity index (χ3n) is 3.28. The van der Waals surface area contributed by atoms with Crippen molar-refractivity contribution in [2.75, 3.05) is 12.3 Å². The predicted octanol–water partition coefficient (Wildman–Crippen LogP) is 2.07. The number of nitrogens with two attached hydrogens (primary N) is 1. The van der Waals surface area contributed by atoms with Crippen LogP contribution in [0.2, 0.25) is 0 Å². The summed E-state index contributed by atoms with van der Waals surface area (Å²) in [5.41, 5.74) is 7.00. The van der Waals surface area contributed by atoms with E-state index in [1.165, 1.54) is 6.20 Å². The third kappa shape index (κ3) is 2.90. The van der Waals surface area contributed by atoms with Crippen LogP contribution in [0.5, 0.6) is 0 Å². The first-order chi connectivity index (χ1) is 8.94. The third-order valence-corrected chi connectivity index (χ3v) is 4.74. The van der Waals surface area contributed by atoms with Gasteiger partial charge in [0.15, 0.2) is 0 Å². The summed E-state index contributed by atoms with van der Waals surface area (Å²) in [6.45, 7) is 4.49. The second-order valence-electron chi connectivity index (χ2n) is 4.82. The fourth-order valence-corrected chi connectivity index (χ4v) is 3.15. The standard InChI is InChI=1S/C13H19N3O2S/c1-3-9(2)7-16-19(17,18)13-8-15-12-6-10(14)4-5-11(12)13/h4-6,8-9,15-16H,3,7,14H2,1-2H3. The summed E-state index contributed by atoms with van der Waals surface area (Å²) in [5.74, 6) is 0.315. The van der Waals surface area contributed by atoms with Crippen molar-refractivity contribution in [1.29, 1.82) is 0 Å². The SMILES string of the molecule is CCC(C)CNS(=O)(=O)c1c[nH]c2cc(N)ccc12. The number of aromatic nitrogens is 1. The minimum Gasteiger partial charge on any atom is -0.399 e. The number of hydrogen-bond acceptors (Lipinski definition) is 3. The average Bonchev–Trinajstić information content (AvgIpc) is 2.79. The Kier molecular flexibility index (Phi) is 3.82. The zero-order chi connectivity index (χ0) is 14.0. The quantitative estimate of drug-likeness (QED) is 0.733. The minimum absolute atomic E-state index is 0.269. The lowest BCUT2D eigenvalue weighted by molar-refractivity contribution is 0.529. The molecule has 6 heteroatoms. The predicted molar refractivity (Wildman–Crippen MR) is 77.4 cm³/mol. The van der Waals surface area contributed by atoms with E-state index < -0.39 is 10.0 Å². The van der Waals surface area contributed by atoms with Gasteiger partial charge in [-0.3, -0.25) is 0 Å². The summed E-state index contributed by atoms with van der Waals surface area (Å²) < 4.78 is 27.1. The van der Waals surface area contributed by atoms with Gasteiger partial charge in [0.1, 0.15) is 4.90 Å². The van der Waals surface area contributed by atoms with E-state index in [4.69, 9.17) is 5.73 Å². The number of nitrogen functional groups attached to an aromatic ring is 1. The van der Waals surface area contributed by atoms with Gasteiger partial charge in [-0.05, 0) is 24.1 Å². The molecule has 0 amide bonds. The zero-order valence-electron chi connectivity index (χ0n) is 11.1.